The highest BCUT2D eigenvalue weighted by Gasteiger charge is 2.22. The molecule has 0 amide bonds. The molecule has 0 bridgehead atoms. The van der Waals surface area contributed by atoms with Crippen molar-refractivity contribution in [2.75, 3.05) is 33.4 Å². The van der Waals surface area contributed by atoms with Gasteiger partial charge in [0, 0.05) is 19.4 Å². The minimum Gasteiger partial charge on any atom is -0.772 e. The lowest BCUT2D eigenvalue weighted by Crippen LogP contribution is -2.35. The van der Waals surface area contributed by atoms with Gasteiger partial charge in [-0.15, -0.1) is 0 Å². The second kappa shape index (κ2) is 8.03. The Labute approximate surface area is 129 Å². The Bertz CT molecular complexity index is 484. The molecule has 1 aliphatic rings. The van der Waals surface area contributed by atoms with Crippen LogP contribution in [-0.4, -0.2) is 47.0 Å². The third kappa shape index (κ3) is 4.61. The van der Waals surface area contributed by atoms with Crippen LogP contribution in [0.5, 0.6) is 0 Å². The molecule has 0 saturated carbocycles. The van der Waals surface area contributed by atoms with Crippen LogP contribution in [0, 0.1) is 6.92 Å². The van der Waals surface area contributed by atoms with Crippen LogP contribution >= 0.6 is 0 Å². The molecule has 0 N–H and O–H groups in total. The number of hydrogen-bond donors (Lipinski definition) is 0. The van der Waals surface area contributed by atoms with Gasteiger partial charge in [0.15, 0.2) is 0 Å². The van der Waals surface area contributed by atoms with E-state index in [0.29, 0.717) is 5.92 Å². The van der Waals surface area contributed by atoms with E-state index in [1.165, 1.54) is 5.56 Å². The third-order valence-electron chi connectivity index (χ3n) is 4.40. The van der Waals surface area contributed by atoms with Crippen LogP contribution in [0.2, 0.25) is 0 Å². The van der Waals surface area contributed by atoms with Crippen LogP contribution in [0.25, 0.3) is 0 Å². The molecule has 1 fully saturated rings. The van der Waals surface area contributed by atoms with Crippen LogP contribution in [0.1, 0.15) is 35.4 Å². The molecule has 4 nitrogen and oxygen atoms in total. The van der Waals surface area contributed by atoms with E-state index in [1.54, 1.807) is 7.11 Å². The average Bonchev–Trinajstić information content (AvgIpc) is 2.47. The van der Waals surface area contributed by atoms with Crippen molar-refractivity contribution in [1.29, 1.82) is 0 Å². The fourth-order valence-electron chi connectivity index (χ4n) is 3.12. The van der Waals surface area contributed by atoms with Gasteiger partial charge in [0.25, 0.3) is 0 Å². The standard InChI is InChI=1S/C16H25NO3S/c1-13-15(12-21(18)19)4-3-5-16(13)14-6-8-17(9-7-14)10-11-20-2/h3-5,14H,6-12H2,1-2H3,(H,18,19)/p-1. The van der Waals surface area contributed by atoms with E-state index in [-0.39, 0.29) is 5.75 Å². The molecule has 0 radical (unpaired) electrons. The van der Waals surface area contributed by atoms with Crippen molar-refractivity contribution in [2.45, 2.75) is 31.4 Å². The smallest absolute Gasteiger partial charge is 0.0589 e. The van der Waals surface area contributed by atoms with E-state index in [4.69, 9.17) is 4.74 Å². The molecule has 0 spiro atoms. The molecular weight excluding hydrogens is 286 g/mol. The average molecular weight is 310 g/mol. The van der Waals surface area contributed by atoms with Crippen LogP contribution in [0.3, 0.4) is 0 Å². The molecule has 5 heteroatoms. The fraction of sp³-hybridized carbons (Fsp3) is 0.625. The summed E-state index contributed by atoms with van der Waals surface area (Å²) in [5.41, 5.74) is 3.41. The number of piperidine rings is 1. The molecular formula is C16H24NO3S-. The van der Waals surface area contributed by atoms with Gasteiger partial charge in [0.2, 0.25) is 0 Å². The molecule has 1 atom stereocenters. The second-order valence-electron chi connectivity index (χ2n) is 5.69. The zero-order valence-corrected chi connectivity index (χ0v) is 13.7. The van der Waals surface area contributed by atoms with Gasteiger partial charge in [-0.3, -0.25) is 4.21 Å². The van der Waals surface area contributed by atoms with E-state index in [1.807, 2.05) is 12.1 Å². The third-order valence-corrected chi connectivity index (χ3v) is 4.95. The van der Waals surface area contributed by atoms with Crippen molar-refractivity contribution in [1.82, 2.24) is 4.90 Å². The maximum absolute atomic E-state index is 10.9. The van der Waals surface area contributed by atoms with Crippen LogP contribution in [-0.2, 0) is 21.6 Å². The van der Waals surface area contributed by atoms with Gasteiger partial charge in [-0.2, -0.15) is 0 Å². The van der Waals surface area contributed by atoms with Gasteiger partial charge in [-0.05, 0) is 55.5 Å². The molecule has 1 saturated heterocycles. The van der Waals surface area contributed by atoms with Crippen molar-refractivity contribution in [3.63, 3.8) is 0 Å². The molecule has 0 aromatic heterocycles. The lowest BCUT2D eigenvalue weighted by Gasteiger charge is -2.33. The molecule has 1 unspecified atom stereocenters. The predicted molar refractivity (Wildman–Crippen MR) is 84.1 cm³/mol. The molecule has 118 valence electrons. The van der Waals surface area contributed by atoms with Gasteiger partial charge < -0.3 is 14.2 Å². The monoisotopic (exact) mass is 310 g/mol. The maximum atomic E-state index is 10.9. The van der Waals surface area contributed by atoms with Gasteiger partial charge in [-0.1, -0.05) is 29.3 Å². The number of nitrogens with zero attached hydrogens (tertiary/aromatic N) is 1. The van der Waals surface area contributed by atoms with E-state index in [9.17, 15) is 8.76 Å². The first-order valence-electron chi connectivity index (χ1n) is 7.47. The topological polar surface area (TPSA) is 52.6 Å². The summed E-state index contributed by atoms with van der Waals surface area (Å²) in [6.07, 6.45) is 2.27. The Kier molecular flexibility index (Phi) is 6.36. The van der Waals surface area contributed by atoms with Gasteiger partial charge in [-0.25, -0.2) is 0 Å². The summed E-state index contributed by atoms with van der Waals surface area (Å²) in [7, 11) is 1.74. The van der Waals surface area contributed by atoms with E-state index in [0.717, 1.165) is 50.2 Å². The van der Waals surface area contributed by atoms with Crippen molar-refractivity contribution in [3.8, 4) is 0 Å². The highest BCUT2D eigenvalue weighted by molar-refractivity contribution is 7.78. The first-order chi connectivity index (χ1) is 10.1. The van der Waals surface area contributed by atoms with Crippen LogP contribution < -0.4 is 0 Å². The number of ether oxygens (including phenoxy) is 1. The molecule has 1 aromatic rings. The molecule has 2 rings (SSSR count). The van der Waals surface area contributed by atoms with Gasteiger partial charge in [0.1, 0.15) is 0 Å². The number of methoxy groups -OCH3 is 1. The summed E-state index contributed by atoms with van der Waals surface area (Å²) in [6, 6.07) is 6.06. The summed E-state index contributed by atoms with van der Waals surface area (Å²) in [5.74, 6) is 0.663. The number of benzene rings is 1. The minimum absolute atomic E-state index is 0.117. The summed E-state index contributed by atoms with van der Waals surface area (Å²) < 4.78 is 27.0. The fourth-order valence-corrected chi connectivity index (χ4v) is 3.68. The Hall–Kier alpha value is -0.750. The number of likely N-dealkylation sites (tertiary alicyclic amines) is 1. The first kappa shape index (κ1) is 16.6. The Morgan fingerprint density at radius 3 is 2.71 bits per heavy atom. The zero-order chi connectivity index (χ0) is 15.2. The van der Waals surface area contributed by atoms with Crippen LogP contribution in [0.4, 0.5) is 0 Å². The molecule has 1 aliphatic heterocycles. The van der Waals surface area contributed by atoms with E-state index in [2.05, 4.69) is 17.9 Å². The van der Waals surface area contributed by atoms with Crippen molar-refractivity contribution < 1.29 is 13.5 Å². The molecule has 21 heavy (non-hydrogen) atoms. The van der Waals surface area contributed by atoms with Gasteiger partial charge >= 0.3 is 0 Å². The summed E-state index contributed by atoms with van der Waals surface area (Å²) >= 11 is -2.02. The minimum atomic E-state index is -2.02. The largest absolute Gasteiger partial charge is 0.772 e. The summed E-state index contributed by atoms with van der Waals surface area (Å²) in [4.78, 5) is 2.44. The Morgan fingerprint density at radius 2 is 2.10 bits per heavy atom. The lowest BCUT2D eigenvalue weighted by molar-refractivity contribution is 0.130. The van der Waals surface area contributed by atoms with E-state index < -0.39 is 11.1 Å². The highest BCUT2D eigenvalue weighted by Crippen LogP contribution is 2.31. The normalized spacial score (nSPS) is 18.8. The van der Waals surface area contributed by atoms with Crippen molar-refractivity contribution >= 4 is 11.1 Å². The zero-order valence-electron chi connectivity index (χ0n) is 12.8. The molecule has 1 aromatic carbocycles. The SMILES string of the molecule is COCCN1CCC(c2cccc(CS(=O)[O-])c2C)CC1. The summed E-state index contributed by atoms with van der Waals surface area (Å²) in [6.45, 7) is 6.01. The van der Waals surface area contributed by atoms with E-state index >= 15 is 0 Å². The quantitative estimate of drug-likeness (QED) is 0.756. The lowest BCUT2D eigenvalue weighted by atomic mass is 9.85. The number of hydrogen-bond acceptors (Lipinski definition) is 4. The molecule has 1 heterocycles. The van der Waals surface area contributed by atoms with Crippen molar-refractivity contribution in [2.24, 2.45) is 0 Å². The Balaban J connectivity index is 2.01. The summed E-state index contributed by atoms with van der Waals surface area (Å²) in [5, 5.41) is 0. The molecule has 0 aliphatic carbocycles. The second-order valence-corrected chi connectivity index (χ2v) is 6.58. The van der Waals surface area contributed by atoms with Gasteiger partial charge in [0.05, 0.1) is 6.61 Å². The first-order valence-corrected chi connectivity index (χ1v) is 8.71. The Morgan fingerprint density at radius 1 is 1.38 bits per heavy atom. The van der Waals surface area contributed by atoms with Crippen LogP contribution in [0.15, 0.2) is 18.2 Å². The van der Waals surface area contributed by atoms with Crippen molar-refractivity contribution in [3.05, 3.63) is 34.9 Å². The number of rotatable bonds is 6. The maximum Gasteiger partial charge on any atom is 0.0589 e. The highest BCUT2D eigenvalue weighted by atomic mass is 32.2. The predicted octanol–water partition coefficient (Wildman–Crippen LogP) is 2.20.